The Labute approximate surface area is 98.1 Å². The van der Waals surface area contributed by atoms with Crippen LogP contribution < -0.4 is 5.73 Å². The van der Waals surface area contributed by atoms with Gasteiger partial charge in [-0.25, -0.2) is 0 Å². The van der Waals surface area contributed by atoms with Crippen LogP contribution in [0.4, 0.5) is 0 Å². The lowest BCUT2D eigenvalue weighted by molar-refractivity contribution is -0.147. The third kappa shape index (κ3) is 3.19. The molecule has 1 fully saturated rings. The van der Waals surface area contributed by atoms with Crippen LogP contribution in [-0.4, -0.2) is 43.2 Å². The highest BCUT2D eigenvalue weighted by Crippen LogP contribution is 2.24. The molecule has 0 radical (unpaired) electrons. The van der Waals surface area contributed by atoms with Crippen molar-refractivity contribution in [1.29, 1.82) is 0 Å². The summed E-state index contributed by atoms with van der Waals surface area (Å²) in [6, 6.07) is 0. The van der Waals surface area contributed by atoms with E-state index in [1.807, 2.05) is 0 Å². The molecule has 0 bridgehead atoms. The SMILES string of the molecule is COC(=O)C(C)(N)CN1CCC(C(C)C)C1. The summed E-state index contributed by atoms with van der Waals surface area (Å²) in [7, 11) is 1.38. The van der Waals surface area contributed by atoms with Crippen LogP contribution in [0.1, 0.15) is 27.2 Å². The Bertz CT molecular complexity index is 251. The number of ether oxygens (including phenoxy) is 1. The normalized spacial score (nSPS) is 25.8. The van der Waals surface area contributed by atoms with Crippen LogP contribution in [-0.2, 0) is 9.53 Å². The number of carbonyl (C=O) groups excluding carboxylic acids is 1. The maximum Gasteiger partial charge on any atom is 0.326 e. The first-order valence-corrected chi connectivity index (χ1v) is 5.96. The molecule has 1 rings (SSSR count). The van der Waals surface area contributed by atoms with E-state index in [2.05, 4.69) is 18.7 Å². The fourth-order valence-corrected chi connectivity index (χ4v) is 2.31. The van der Waals surface area contributed by atoms with Crippen molar-refractivity contribution in [2.45, 2.75) is 32.7 Å². The van der Waals surface area contributed by atoms with Crippen molar-refractivity contribution >= 4 is 5.97 Å². The third-order valence-corrected chi connectivity index (χ3v) is 3.46. The molecule has 2 atom stereocenters. The minimum Gasteiger partial charge on any atom is -0.468 e. The Morgan fingerprint density at radius 3 is 2.69 bits per heavy atom. The van der Waals surface area contributed by atoms with Crippen LogP contribution in [0.3, 0.4) is 0 Å². The zero-order valence-electron chi connectivity index (χ0n) is 10.8. The number of hydrogen-bond donors (Lipinski definition) is 1. The molecule has 1 heterocycles. The first-order chi connectivity index (χ1) is 7.36. The summed E-state index contributed by atoms with van der Waals surface area (Å²) >= 11 is 0. The highest BCUT2D eigenvalue weighted by molar-refractivity contribution is 5.80. The van der Waals surface area contributed by atoms with Crippen molar-refractivity contribution in [3.8, 4) is 0 Å². The summed E-state index contributed by atoms with van der Waals surface area (Å²) in [5.41, 5.74) is 5.07. The predicted octanol–water partition coefficient (Wildman–Crippen LogP) is 0.855. The third-order valence-electron chi connectivity index (χ3n) is 3.46. The van der Waals surface area contributed by atoms with Gasteiger partial charge in [0.25, 0.3) is 0 Å². The second kappa shape index (κ2) is 5.15. The monoisotopic (exact) mass is 228 g/mol. The topological polar surface area (TPSA) is 55.6 Å². The van der Waals surface area contributed by atoms with Gasteiger partial charge in [0.2, 0.25) is 0 Å². The number of likely N-dealkylation sites (tertiary alicyclic amines) is 1. The lowest BCUT2D eigenvalue weighted by Crippen LogP contribution is -2.54. The predicted molar refractivity (Wildman–Crippen MR) is 64.0 cm³/mol. The Morgan fingerprint density at radius 2 is 2.25 bits per heavy atom. The molecular weight excluding hydrogens is 204 g/mol. The van der Waals surface area contributed by atoms with E-state index in [0.717, 1.165) is 19.0 Å². The largest absolute Gasteiger partial charge is 0.468 e. The number of methoxy groups -OCH3 is 1. The fourth-order valence-electron chi connectivity index (χ4n) is 2.31. The van der Waals surface area contributed by atoms with Crippen LogP contribution in [0, 0.1) is 11.8 Å². The first kappa shape index (κ1) is 13.5. The van der Waals surface area contributed by atoms with Crippen LogP contribution in [0.25, 0.3) is 0 Å². The molecule has 0 aromatic rings. The van der Waals surface area contributed by atoms with Gasteiger partial charge in [0.1, 0.15) is 5.54 Å². The highest BCUT2D eigenvalue weighted by atomic mass is 16.5. The molecular formula is C12H24N2O2. The summed E-state index contributed by atoms with van der Waals surface area (Å²) in [4.78, 5) is 13.7. The van der Waals surface area contributed by atoms with Gasteiger partial charge in [-0.2, -0.15) is 0 Å². The number of nitrogens with two attached hydrogens (primary N) is 1. The standard InChI is InChI=1S/C12H24N2O2/c1-9(2)10-5-6-14(7-10)8-12(3,13)11(15)16-4/h9-10H,5-8,13H2,1-4H3. The van der Waals surface area contributed by atoms with E-state index in [1.54, 1.807) is 6.92 Å². The van der Waals surface area contributed by atoms with E-state index in [0.29, 0.717) is 12.5 Å². The van der Waals surface area contributed by atoms with E-state index in [1.165, 1.54) is 13.5 Å². The Hall–Kier alpha value is -0.610. The van der Waals surface area contributed by atoms with Gasteiger partial charge in [0.15, 0.2) is 0 Å². The van der Waals surface area contributed by atoms with Gasteiger partial charge in [0, 0.05) is 13.1 Å². The molecule has 0 spiro atoms. The van der Waals surface area contributed by atoms with Crippen molar-refractivity contribution in [2.75, 3.05) is 26.7 Å². The van der Waals surface area contributed by atoms with E-state index >= 15 is 0 Å². The van der Waals surface area contributed by atoms with Gasteiger partial charge < -0.3 is 15.4 Å². The summed E-state index contributed by atoms with van der Waals surface area (Å²) in [6.45, 7) is 8.89. The number of rotatable bonds is 4. The summed E-state index contributed by atoms with van der Waals surface area (Å²) in [6.07, 6.45) is 1.20. The van der Waals surface area contributed by atoms with Crippen molar-refractivity contribution in [3.63, 3.8) is 0 Å². The van der Waals surface area contributed by atoms with Gasteiger partial charge in [0.05, 0.1) is 7.11 Å². The molecule has 94 valence electrons. The van der Waals surface area contributed by atoms with Gasteiger partial charge in [-0.15, -0.1) is 0 Å². The molecule has 0 aromatic heterocycles. The van der Waals surface area contributed by atoms with Gasteiger partial charge >= 0.3 is 5.97 Å². The smallest absolute Gasteiger partial charge is 0.326 e. The van der Waals surface area contributed by atoms with E-state index < -0.39 is 5.54 Å². The molecule has 0 amide bonds. The Morgan fingerprint density at radius 1 is 1.62 bits per heavy atom. The fraction of sp³-hybridized carbons (Fsp3) is 0.917. The molecule has 0 aliphatic carbocycles. The summed E-state index contributed by atoms with van der Waals surface area (Å²) in [5.74, 6) is 1.10. The molecule has 1 saturated heterocycles. The van der Waals surface area contributed by atoms with Crippen LogP contribution >= 0.6 is 0 Å². The second-order valence-corrected chi connectivity index (χ2v) is 5.44. The number of esters is 1. The number of hydrogen-bond acceptors (Lipinski definition) is 4. The lowest BCUT2D eigenvalue weighted by Gasteiger charge is -2.27. The minimum absolute atomic E-state index is 0.333. The Balaban J connectivity index is 2.47. The second-order valence-electron chi connectivity index (χ2n) is 5.44. The molecule has 2 unspecified atom stereocenters. The van der Waals surface area contributed by atoms with Crippen LogP contribution in [0.5, 0.6) is 0 Å². The molecule has 4 heteroatoms. The zero-order valence-corrected chi connectivity index (χ0v) is 10.8. The van der Waals surface area contributed by atoms with E-state index in [-0.39, 0.29) is 5.97 Å². The number of nitrogens with zero attached hydrogens (tertiary/aromatic N) is 1. The van der Waals surface area contributed by atoms with Gasteiger partial charge in [-0.1, -0.05) is 13.8 Å². The summed E-state index contributed by atoms with van der Waals surface area (Å²) < 4.78 is 4.71. The van der Waals surface area contributed by atoms with Crippen molar-refractivity contribution < 1.29 is 9.53 Å². The van der Waals surface area contributed by atoms with Crippen molar-refractivity contribution in [1.82, 2.24) is 4.90 Å². The van der Waals surface area contributed by atoms with E-state index in [9.17, 15) is 4.79 Å². The molecule has 0 saturated carbocycles. The molecule has 4 nitrogen and oxygen atoms in total. The number of carbonyl (C=O) groups is 1. The summed E-state index contributed by atoms with van der Waals surface area (Å²) in [5, 5.41) is 0. The van der Waals surface area contributed by atoms with E-state index in [4.69, 9.17) is 10.5 Å². The Kier molecular flexibility index (Phi) is 4.33. The van der Waals surface area contributed by atoms with Crippen molar-refractivity contribution in [3.05, 3.63) is 0 Å². The van der Waals surface area contributed by atoms with Crippen LogP contribution in [0.15, 0.2) is 0 Å². The van der Waals surface area contributed by atoms with Gasteiger partial charge in [-0.3, -0.25) is 4.79 Å². The molecule has 2 N–H and O–H groups in total. The van der Waals surface area contributed by atoms with Crippen LogP contribution in [0.2, 0.25) is 0 Å². The average Bonchev–Trinajstić information content (AvgIpc) is 2.64. The van der Waals surface area contributed by atoms with Crippen molar-refractivity contribution in [2.24, 2.45) is 17.6 Å². The van der Waals surface area contributed by atoms with Gasteiger partial charge in [-0.05, 0) is 31.7 Å². The first-order valence-electron chi connectivity index (χ1n) is 5.96. The zero-order chi connectivity index (χ0) is 12.3. The lowest BCUT2D eigenvalue weighted by atomic mass is 9.95. The maximum atomic E-state index is 11.5. The quantitative estimate of drug-likeness (QED) is 0.725. The highest BCUT2D eigenvalue weighted by Gasteiger charge is 2.35. The average molecular weight is 228 g/mol. The minimum atomic E-state index is -0.888. The molecule has 1 aliphatic rings. The molecule has 1 aliphatic heterocycles. The maximum absolute atomic E-state index is 11.5. The molecule has 16 heavy (non-hydrogen) atoms. The molecule has 0 aromatic carbocycles.